The molecule has 1 aliphatic rings. The molecule has 0 unspecified atom stereocenters. The SMILES string of the molecule is Cc1cc(C(=O)N[C@H]2CCCc3c2cnn3-c2ccccn2)c(C)o1. The fourth-order valence-electron chi connectivity index (χ4n) is 3.48. The minimum absolute atomic E-state index is 0.0386. The van der Waals surface area contributed by atoms with E-state index in [4.69, 9.17) is 4.42 Å². The number of fused-ring (bicyclic) bond motifs is 1. The van der Waals surface area contributed by atoms with Gasteiger partial charge in [0.1, 0.15) is 11.5 Å². The molecule has 0 radical (unpaired) electrons. The van der Waals surface area contributed by atoms with Crippen molar-refractivity contribution in [2.24, 2.45) is 0 Å². The highest BCUT2D eigenvalue weighted by molar-refractivity contribution is 5.95. The van der Waals surface area contributed by atoms with Crippen molar-refractivity contribution >= 4 is 5.91 Å². The normalized spacial score (nSPS) is 16.5. The third-order valence-electron chi connectivity index (χ3n) is 4.64. The largest absolute Gasteiger partial charge is 0.466 e. The number of amides is 1. The van der Waals surface area contributed by atoms with E-state index in [9.17, 15) is 4.79 Å². The number of hydrogen-bond donors (Lipinski definition) is 1. The second-order valence-electron chi connectivity index (χ2n) is 6.39. The number of pyridine rings is 1. The maximum absolute atomic E-state index is 12.6. The van der Waals surface area contributed by atoms with Crippen molar-refractivity contribution in [3.8, 4) is 5.82 Å². The average Bonchev–Trinajstić information content (AvgIpc) is 3.19. The standard InChI is InChI=1S/C19H20N4O2/c1-12-10-14(13(2)25-12)19(24)22-16-6-5-7-17-15(16)11-21-23(17)18-8-3-4-9-20-18/h3-4,8-11,16H,5-7H2,1-2H3,(H,22,24)/t16-/m0/s1. The van der Waals surface area contributed by atoms with Gasteiger partial charge in [0.15, 0.2) is 5.82 Å². The van der Waals surface area contributed by atoms with Gasteiger partial charge in [0.25, 0.3) is 5.91 Å². The van der Waals surface area contributed by atoms with Gasteiger partial charge in [-0.3, -0.25) is 4.79 Å². The molecular formula is C19H20N4O2. The summed E-state index contributed by atoms with van der Waals surface area (Å²) in [7, 11) is 0. The van der Waals surface area contributed by atoms with Crippen LogP contribution in [0.25, 0.3) is 5.82 Å². The highest BCUT2D eigenvalue weighted by atomic mass is 16.3. The zero-order valence-electron chi connectivity index (χ0n) is 14.3. The minimum atomic E-state index is -0.0993. The Balaban J connectivity index is 1.61. The molecule has 3 aromatic rings. The number of nitrogens with zero attached hydrogens (tertiary/aromatic N) is 3. The van der Waals surface area contributed by atoms with Crippen LogP contribution < -0.4 is 5.32 Å². The summed E-state index contributed by atoms with van der Waals surface area (Å²) in [6.45, 7) is 3.66. The van der Waals surface area contributed by atoms with Crippen molar-refractivity contribution in [2.45, 2.75) is 39.2 Å². The van der Waals surface area contributed by atoms with E-state index in [1.807, 2.05) is 42.9 Å². The first-order valence-electron chi connectivity index (χ1n) is 8.49. The number of aromatic nitrogens is 3. The van der Waals surface area contributed by atoms with Gasteiger partial charge in [-0.2, -0.15) is 5.10 Å². The summed E-state index contributed by atoms with van der Waals surface area (Å²) in [6.07, 6.45) is 6.45. The van der Waals surface area contributed by atoms with Crippen LogP contribution in [0.5, 0.6) is 0 Å². The first kappa shape index (κ1) is 15.6. The Morgan fingerprint density at radius 1 is 1.36 bits per heavy atom. The Bertz CT molecular complexity index is 911. The van der Waals surface area contributed by atoms with Crippen LogP contribution in [0, 0.1) is 13.8 Å². The van der Waals surface area contributed by atoms with Gasteiger partial charge in [0.2, 0.25) is 0 Å². The number of carbonyl (C=O) groups is 1. The monoisotopic (exact) mass is 336 g/mol. The number of nitrogens with one attached hydrogen (secondary N) is 1. The van der Waals surface area contributed by atoms with E-state index in [1.54, 1.807) is 12.3 Å². The molecule has 128 valence electrons. The number of hydrogen-bond acceptors (Lipinski definition) is 4. The van der Waals surface area contributed by atoms with Crippen molar-refractivity contribution in [1.82, 2.24) is 20.1 Å². The lowest BCUT2D eigenvalue weighted by atomic mass is 9.92. The molecule has 1 atom stereocenters. The highest BCUT2D eigenvalue weighted by Gasteiger charge is 2.27. The van der Waals surface area contributed by atoms with Crippen LogP contribution in [-0.2, 0) is 6.42 Å². The van der Waals surface area contributed by atoms with Crippen LogP contribution in [0.3, 0.4) is 0 Å². The molecule has 1 amide bonds. The molecule has 4 rings (SSSR count). The molecule has 0 bridgehead atoms. The molecule has 1 N–H and O–H groups in total. The average molecular weight is 336 g/mol. The quantitative estimate of drug-likeness (QED) is 0.796. The van der Waals surface area contributed by atoms with Gasteiger partial charge in [-0.15, -0.1) is 0 Å². The van der Waals surface area contributed by atoms with E-state index >= 15 is 0 Å². The summed E-state index contributed by atoms with van der Waals surface area (Å²) in [5, 5.41) is 7.64. The lowest BCUT2D eigenvalue weighted by Crippen LogP contribution is -2.31. The Labute approximate surface area is 145 Å². The van der Waals surface area contributed by atoms with Gasteiger partial charge < -0.3 is 9.73 Å². The first-order valence-corrected chi connectivity index (χ1v) is 8.49. The van der Waals surface area contributed by atoms with Gasteiger partial charge in [-0.1, -0.05) is 6.07 Å². The fourth-order valence-corrected chi connectivity index (χ4v) is 3.48. The van der Waals surface area contributed by atoms with Crippen molar-refractivity contribution in [3.63, 3.8) is 0 Å². The molecule has 0 aromatic carbocycles. The molecule has 0 saturated carbocycles. The van der Waals surface area contributed by atoms with Crippen molar-refractivity contribution in [1.29, 1.82) is 0 Å². The molecule has 6 heteroatoms. The van der Waals surface area contributed by atoms with Crippen LogP contribution in [-0.4, -0.2) is 20.7 Å². The van der Waals surface area contributed by atoms with Gasteiger partial charge in [-0.25, -0.2) is 9.67 Å². The Morgan fingerprint density at radius 3 is 2.96 bits per heavy atom. The molecule has 0 aliphatic heterocycles. The van der Waals surface area contributed by atoms with Crippen LogP contribution in [0.15, 0.2) is 41.1 Å². The number of aryl methyl sites for hydroxylation is 2. The first-order chi connectivity index (χ1) is 12.1. The zero-order valence-corrected chi connectivity index (χ0v) is 14.3. The molecule has 0 spiro atoms. The van der Waals surface area contributed by atoms with Crippen molar-refractivity contribution in [2.75, 3.05) is 0 Å². The predicted molar refractivity (Wildman–Crippen MR) is 92.7 cm³/mol. The van der Waals surface area contributed by atoms with Gasteiger partial charge in [-0.05, 0) is 51.3 Å². The van der Waals surface area contributed by atoms with E-state index in [1.165, 1.54) is 0 Å². The lowest BCUT2D eigenvalue weighted by molar-refractivity contribution is 0.0931. The van der Waals surface area contributed by atoms with Gasteiger partial charge in [0, 0.05) is 11.8 Å². The van der Waals surface area contributed by atoms with Crippen LogP contribution in [0.1, 0.15) is 52.0 Å². The topological polar surface area (TPSA) is 73.0 Å². The van der Waals surface area contributed by atoms with E-state index in [0.717, 1.165) is 42.1 Å². The Morgan fingerprint density at radius 2 is 2.24 bits per heavy atom. The number of furan rings is 1. The van der Waals surface area contributed by atoms with Crippen LogP contribution in [0.4, 0.5) is 0 Å². The van der Waals surface area contributed by atoms with Gasteiger partial charge >= 0.3 is 0 Å². The van der Waals surface area contributed by atoms with Crippen molar-refractivity contribution in [3.05, 3.63) is 65.0 Å². The third-order valence-corrected chi connectivity index (χ3v) is 4.64. The van der Waals surface area contributed by atoms with E-state index < -0.39 is 0 Å². The lowest BCUT2D eigenvalue weighted by Gasteiger charge is -2.24. The fraction of sp³-hybridized carbons (Fsp3) is 0.316. The Hall–Kier alpha value is -2.89. The predicted octanol–water partition coefficient (Wildman–Crippen LogP) is 3.28. The van der Waals surface area contributed by atoms with E-state index in [0.29, 0.717) is 11.3 Å². The van der Waals surface area contributed by atoms with Gasteiger partial charge in [0.05, 0.1) is 23.5 Å². The van der Waals surface area contributed by atoms with E-state index in [-0.39, 0.29) is 11.9 Å². The van der Waals surface area contributed by atoms with Crippen LogP contribution >= 0.6 is 0 Å². The minimum Gasteiger partial charge on any atom is -0.466 e. The number of rotatable bonds is 3. The summed E-state index contributed by atoms with van der Waals surface area (Å²) < 4.78 is 7.35. The summed E-state index contributed by atoms with van der Waals surface area (Å²) in [5.74, 6) is 2.10. The molecule has 3 heterocycles. The molecule has 1 aliphatic carbocycles. The molecule has 0 saturated heterocycles. The van der Waals surface area contributed by atoms with Crippen molar-refractivity contribution < 1.29 is 9.21 Å². The van der Waals surface area contributed by atoms with E-state index in [2.05, 4.69) is 15.4 Å². The number of carbonyl (C=O) groups excluding carboxylic acids is 1. The summed E-state index contributed by atoms with van der Waals surface area (Å²) in [5.41, 5.74) is 2.79. The second-order valence-corrected chi connectivity index (χ2v) is 6.39. The highest BCUT2D eigenvalue weighted by Crippen LogP contribution is 2.31. The zero-order chi connectivity index (χ0) is 17.4. The Kier molecular flexibility index (Phi) is 3.87. The molecule has 6 nitrogen and oxygen atoms in total. The molecule has 0 fully saturated rings. The van der Waals surface area contributed by atoms with Crippen LogP contribution in [0.2, 0.25) is 0 Å². The third kappa shape index (κ3) is 2.84. The molecule has 25 heavy (non-hydrogen) atoms. The maximum Gasteiger partial charge on any atom is 0.255 e. The molecule has 3 aromatic heterocycles. The second kappa shape index (κ2) is 6.20. The summed E-state index contributed by atoms with van der Waals surface area (Å²) in [6, 6.07) is 7.52. The summed E-state index contributed by atoms with van der Waals surface area (Å²) in [4.78, 5) is 17.0. The maximum atomic E-state index is 12.6. The summed E-state index contributed by atoms with van der Waals surface area (Å²) >= 11 is 0. The smallest absolute Gasteiger partial charge is 0.255 e. The molecular weight excluding hydrogens is 316 g/mol.